The van der Waals surface area contributed by atoms with Crippen molar-refractivity contribution in [2.24, 2.45) is 0 Å². The minimum atomic E-state index is 0.294. The third-order valence-electron chi connectivity index (χ3n) is 1.70. The van der Waals surface area contributed by atoms with Gasteiger partial charge in [0.1, 0.15) is 6.61 Å². The van der Waals surface area contributed by atoms with Gasteiger partial charge in [-0.15, -0.1) is 11.6 Å². The van der Waals surface area contributed by atoms with Crippen LogP contribution < -0.4 is 14.5 Å². The molecule has 1 rings (SSSR count). The van der Waals surface area contributed by atoms with Crippen LogP contribution in [-0.4, -0.2) is 55.6 Å². The molecule has 7 heteroatoms. The summed E-state index contributed by atoms with van der Waals surface area (Å²) >= 11 is 5.54. The van der Waals surface area contributed by atoms with Crippen molar-refractivity contribution in [2.75, 3.05) is 50.5 Å². The average molecular weight is 246 g/mol. The van der Waals surface area contributed by atoms with Gasteiger partial charge in [0.25, 0.3) is 0 Å². The lowest BCUT2D eigenvalue weighted by molar-refractivity contribution is 0.314. The Balaban J connectivity index is 2.99. The largest absolute Gasteiger partial charge is 0.462 e. The van der Waals surface area contributed by atoms with Crippen LogP contribution in [0.15, 0.2) is 0 Å². The number of rotatable bonds is 5. The second kappa shape index (κ2) is 5.69. The number of alkyl halides is 1. The number of hydrogen-bond donors (Lipinski definition) is 0. The van der Waals surface area contributed by atoms with Crippen molar-refractivity contribution < 1.29 is 4.74 Å². The monoisotopic (exact) mass is 245 g/mol. The summed E-state index contributed by atoms with van der Waals surface area (Å²) in [5, 5.41) is 0. The fourth-order valence-electron chi connectivity index (χ4n) is 0.930. The summed E-state index contributed by atoms with van der Waals surface area (Å²) in [6.07, 6.45) is 0. The molecule has 6 nitrogen and oxygen atoms in total. The second-order valence-electron chi connectivity index (χ2n) is 3.54. The molecule has 0 unspecified atom stereocenters. The number of nitrogens with zero attached hydrogens (tertiary/aromatic N) is 5. The SMILES string of the molecule is CN(C)c1nc(OCCCl)nc(N(C)C)n1. The average Bonchev–Trinajstić information content (AvgIpc) is 2.25. The van der Waals surface area contributed by atoms with Crippen molar-refractivity contribution >= 4 is 23.5 Å². The second-order valence-corrected chi connectivity index (χ2v) is 3.92. The minimum Gasteiger partial charge on any atom is -0.462 e. The van der Waals surface area contributed by atoms with Crippen molar-refractivity contribution in [3.05, 3.63) is 0 Å². The highest BCUT2D eigenvalue weighted by Crippen LogP contribution is 2.14. The molecule has 16 heavy (non-hydrogen) atoms. The van der Waals surface area contributed by atoms with Crippen LogP contribution >= 0.6 is 11.6 Å². The van der Waals surface area contributed by atoms with Crippen LogP contribution in [0.4, 0.5) is 11.9 Å². The van der Waals surface area contributed by atoms with Gasteiger partial charge in [0.05, 0.1) is 5.88 Å². The van der Waals surface area contributed by atoms with Crippen LogP contribution in [0.5, 0.6) is 6.01 Å². The van der Waals surface area contributed by atoms with Crippen LogP contribution in [-0.2, 0) is 0 Å². The third-order valence-corrected chi connectivity index (χ3v) is 1.85. The van der Waals surface area contributed by atoms with E-state index in [9.17, 15) is 0 Å². The van der Waals surface area contributed by atoms with Crippen LogP contribution in [0, 0.1) is 0 Å². The molecule has 0 spiro atoms. The third kappa shape index (κ3) is 3.37. The number of hydrogen-bond acceptors (Lipinski definition) is 6. The summed E-state index contributed by atoms with van der Waals surface area (Å²) in [6.45, 7) is 0.380. The van der Waals surface area contributed by atoms with Gasteiger partial charge in [0.2, 0.25) is 11.9 Å². The molecular weight excluding hydrogens is 230 g/mol. The van der Waals surface area contributed by atoms with Gasteiger partial charge in [0, 0.05) is 28.2 Å². The molecule has 0 saturated carbocycles. The highest BCUT2D eigenvalue weighted by molar-refractivity contribution is 6.17. The molecule has 0 fully saturated rings. The normalized spacial score (nSPS) is 10.1. The Morgan fingerprint density at radius 2 is 1.50 bits per heavy atom. The highest BCUT2D eigenvalue weighted by Gasteiger charge is 2.10. The zero-order valence-corrected chi connectivity index (χ0v) is 10.7. The fourth-order valence-corrected chi connectivity index (χ4v) is 1.01. The van der Waals surface area contributed by atoms with Gasteiger partial charge >= 0.3 is 6.01 Å². The summed E-state index contributed by atoms with van der Waals surface area (Å²) in [5.41, 5.74) is 0. The van der Waals surface area contributed by atoms with Crippen LogP contribution in [0.1, 0.15) is 0 Å². The molecule has 1 heterocycles. The summed E-state index contributed by atoms with van der Waals surface area (Å²) in [4.78, 5) is 16.1. The first-order chi connectivity index (χ1) is 7.54. The molecule has 0 N–H and O–H groups in total. The quantitative estimate of drug-likeness (QED) is 0.709. The van der Waals surface area contributed by atoms with E-state index in [1.54, 1.807) is 9.80 Å². The summed E-state index contributed by atoms with van der Waals surface area (Å²) in [6, 6.07) is 0.294. The van der Waals surface area contributed by atoms with Gasteiger partial charge < -0.3 is 14.5 Å². The Morgan fingerprint density at radius 3 is 1.88 bits per heavy atom. The van der Waals surface area contributed by atoms with Crippen molar-refractivity contribution in [3.63, 3.8) is 0 Å². The molecule has 0 radical (unpaired) electrons. The lowest BCUT2D eigenvalue weighted by atomic mass is 10.7. The Kier molecular flexibility index (Phi) is 4.54. The minimum absolute atomic E-state index is 0.294. The van der Waals surface area contributed by atoms with Crippen molar-refractivity contribution in [1.29, 1.82) is 0 Å². The first kappa shape index (κ1) is 12.8. The Morgan fingerprint density at radius 1 is 1.00 bits per heavy atom. The molecule has 0 aliphatic rings. The molecule has 0 amide bonds. The van der Waals surface area contributed by atoms with Crippen molar-refractivity contribution in [3.8, 4) is 6.01 Å². The Labute approximate surface area is 100 Å². The molecular formula is C9H16ClN5O. The molecule has 0 aliphatic carbocycles. The Hall–Kier alpha value is -1.30. The van der Waals surface area contributed by atoms with E-state index in [-0.39, 0.29) is 0 Å². The maximum absolute atomic E-state index is 5.54. The topological polar surface area (TPSA) is 54.4 Å². The summed E-state index contributed by atoms with van der Waals surface area (Å²) in [5.74, 6) is 1.52. The molecule has 0 aliphatic heterocycles. The molecule has 90 valence electrons. The van der Waals surface area contributed by atoms with Crippen LogP contribution in [0.2, 0.25) is 0 Å². The Bertz CT molecular complexity index is 318. The van der Waals surface area contributed by atoms with Crippen LogP contribution in [0.3, 0.4) is 0 Å². The predicted molar refractivity (Wildman–Crippen MR) is 64.7 cm³/mol. The number of halogens is 1. The highest BCUT2D eigenvalue weighted by atomic mass is 35.5. The van der Waals surface area contributed by atoms with Crippen molar-refractivity contribution in [1.82, 2.24) is 15.0 Å². The standard InChI is InChI=1S/C9H16ClN5O/c1-14(2)7-11-8(15(3)4)13-9(12-7)16-6-5-10/h5-6H2,1-4H3. The fraction of sp³-hybridized carbons (Fsp3) is 0.667. The smallest absolute Gasteiger partial charge is 0.323 e. The van der Waals surface area contributed by atoms with Gasteiger partial charge in [-0.05, 0) is 0 Å². The van der Waals surface area contributed by atoms with Gasteiger partial charge in [-0.25, -0.2) is 0 Å². The molecule has 0 aromatic carbocycles. The maximum atomic E-state index is 5.54. The molecule has 0 saturated heterocycles. The lowest BCUT2D eigenvalue weighted by Crippen LogP contribution is -2.19. The van der Waals surface area contributed by atoms with E-state index < -0.39 is 0 Å². The first-order valence-electron chi connectivity index (χ1n) is 4.84. The molecule has 1 aromatic heterocycles. The molecule has 0 atom stereocenters. The lowest BCUT2D eigenvalue weighted by Gasteiger charge is -2.15. The van der Waals surface area contributed by atoms with Gasteiger partial charge in [-0.2, -0.15) is 15.0 Å². The van der Waals surface area contributed by atoms with E-state index >= 15 is 0 Å². The van der Waals surface area contributed by atoms with Gasteiger partial charge in [-0.3, -0.25) is 0 Å². The predicted octanol–water partition coefficient (Wildman–Crippen LogP) is 0.621. The number of aromatic nitrogens is 3. The van der Waals surface area contributed by atoms with Crippen LogP contribution in [0.25, 0.3) is 0 Å². The van der Waals surface area contributed by atoms with Crippen molar-refractivity contribution in [2.45, 2.75) is 0 Å². The number of ether oxygens (including phenoxy) is 1. The summed E-state index contributed by atoms with van der Waals surface area (Å²) in [7, 11) is 7.44. The molecule has 1 aromatic rings. The van der Waals surface area contributed by atoms with E-state index in [2.05, 4.69) is 15.0 Å². The molecule has 0 bridgehead atoms. The van der Waals surface area contributed by atoms with Gasteiger partial charge in [0.15, 0.2) is 0 Å². The van der Waals surface area contributed by atoms with E-state index in [0.717, 1.165) is 0 Å². The van der Waals surface area contributed by atoms with E-state index in [1.165, 1.54) is 0 Å². The van der Waals surface area contributed by atoms with E-state index in [1.807, 2.05) is 28.2 Å². The number of anilines is 2. The maximum Gasteiger partial charge on any atom is 0.323 e. The zero-order chi connectivity index (χ0) is 12.1. The van der Waals surface area contributed by atoms with E-state index in [0.29, 0.717) is 30.4 Å². The van der Waals surface area contributed by atoms with E-state index in [4.69, 9.17) is 16.3 Å². The first-order valence-corrected chi connectivity index (χ1v) is 5.37. The van der Waals surface area contributed by atoms with Gasteiger partial charge in [-0.1, -0.05) is 0 Å². The zero-order valence-electron chi connectivity index (χ0n) is 9.94. The summed E-state index contributed by atoms with van der Waals surface area (Å²) < 4.78 is 5.29.